The van der Waals surface area contributed by atoms with Gasteiger partial charge in [0.1, 0.15) is 11.5 Å². The first-order chi connectivity index (χ1) is 14.7. The van der Waals surface area contributed by atoms with E-state index in [0.29, 0.717) is 5.56 Å². The second-order valence-corrected chi connectivity index (χ2v) is 8.99. The number of phenols is 2. The SMILES string of the molecule is CCCCCCCCCCCCCCCCCCCc1cc(O)c(CCO)c(O)c1. The predicted molar refractivity (Wildman–Crippen MR) is 128 cm³/mol. The minimum atomic E-state index is -0.0698. The van der Waals surface area contributed by atoms with E-state index in [4.69, 9.17) is 5.11 Å². The van der Waals surface area contributed by atoms with Crippen LogP contribution in [0.5, 0.6) is 11.5 Å². The molecule has 0 amide bonds. The topological polar surface area (TPSA) is 60.7 Å². The van der Waals surface area contributed by atoms with Gasteiger partial charge in [-0.15, -0.1) is 0 Å². The minimum absolute atomic E-state index is 0.0698. The Balaban J connectivity index is 1.89. The maximum absolute atomic E-state index is 9.98. The van der Waals surface area contributed by atoms with E-state index >= 15 is 0 Å². The molecule has 0 radical (unpaired) electrons. The molecule has 0 fully saturated rings. The van der Waals surface area contributed by atoms with Crippen molar-refractivity contribution in [3.8, 4) is 11.5 Å². The second kappa shape index (κ2) is 18.5. The second-order valence-electron chi connectivity index (χ2n) is 8.99. The van der Waals surface area contributed by atoms with E-state index in [1.54, 1.807) is 12.1 Å². The summed E-state index contributed by atoms with van der Waals surface area (Å²) in [5.41, 5.74) is 1.43. The third-order valence-electron chi connectivity index (χ3n) is 6.19. The van der Waals surface area contributed by atoms with Gasteiger partial charge < -0.3 is 15.3 Å². The fourth-order valence-electron chi connectivity index (χ4n) is 4.26. The monoisotopic (exact) mass is 420 g/mol. The van der Waals surface area contributed by atoms with Gasteiger partial charge in [-0.3, -0.25) is 0 Å². The molecule has 0 aliphatic heterocycles. The van der Waals surface area contributed by atoms with E-state index in [1.807, 2.05) is 0 Å². The van der Waals surface area contributed by atoms with Crippen LogP contribution in [0, 0.1) is 0 Å². The summed E-state index contributed by atoms with van der Waals surface area (Å²) in [5, 5.41) is 28.9. The first-order valence-corrected chi connectivity index (χ1v) is 12.8. The molecule has 0 heterocycles. The Hall–Kier alpha value is -1.22. The van der Waals surface area contributed by atoms with Crippen LogP contribution in [0.3, 0.4) is 0 Å². The van der Waals surface area contributed by atoms with Crippen molar-refractivity contribution in [2.45, 2.75) is 129 Å². The molecule has 3 heteroatoms. The average molecular weight is 421 g/mol. The van der Waals surface area contributed by atoms with Crippen molar-refractivity contribution in [1.82, 2.24) is 0 Å². The molecule has 0 bridgehead atoms. The summed E-state index contributed by atoms with van der Waals surface area (Å²) >= 11 is 0. The Labute approximate surface area is 185 Å². The molecule has 0 aliphatic rings. The van der Waals surface area contributed by atoms with Crippen LogP contribution in [-0.4, -0.2) is 21.9 Å². The number of hydrogen-bond donors (Lipinski definition) is 3. The fraction of sp³-hybridized carbons (Fsp3) is 0.778. The molecule has 174 valence electrons. The summed E-state index contributed by atoms with van der Waals surface area (Å²) in [6.45, 7) is 2.21. The highest BCUT2D eigenvalue weighted by atomic mass is 16.3. The van der Waals surface area contributed by atoms with E-state index in [2.05, 4.69) is 6.92 Å². The molecule has 0 unspecified atom stereocenters. The Kier molecular flexibility index (Phi) is 16.6. The number of hydrogen-bond acceptors (Lipinski definition) is 3. The number of aliphatic hydroxyl groups is 1. The molecular weight excluding hydrogens is 372 g/mol. The molecule has 3 N–H and O–H groups in total. The van der Waals surface area contributed by atoms with Crippen molar-refractivity contribution >= 4 is 0 Å². The van der Waals surface area contributed by atoms with Crippen LogP contribution < -0.4 is 0 Å². The number of rotatable bonds is 20. The van der Waals surface area contributed by atoms with Gasteiger partial charge in [-0.2, -0.15) is 0 Å². The zero-order valence-electron chi connectivity index (χ0n) is 19.6. The molecule has 0 saturated heterocycles. The van der Waals surface area contributed by atoms with E-state index in [1.165, 1.54) is 103 Å². The quantitative estimate of drug-likeness (QED) is 0.188. The number of aromatic hydroxyl groups is 2. The van der Waals surface area contributed by atoms with Gasteiger partial charge in [-0.25, -0.2) is 0 Å². The lowest BCUT2D eigenvalue weighted by Crippen LogP contribution is -1.94. The zero-order valence-corrected chi connectivity index (χ0v) is 19.6. The first kappa shape index (κ1) is 26.8. The summed E-state index contributed by atoms with van der Waals surface area (Å²) in [6.07, 6.45) is 24.4. The van der Waals surface area contributed by atoms with Gasteiger partial charge in [0.05, 0.1) is 0 Å². The van der Waals surface area contributed by atoms with Gasteiger partial charge in [-0.05, 0) is 30.5 Å². The highest BCUT2D eigenvalue weighted by Gasteiger charge is 2.09. The first-order valence-electron chi connectivity index (χ1n) is 12.8. The summed E-state index contributed by atoms with van der Waals surface area (Å²) in [7, 11) is 0. The van der Waals surface area contributed by atoms with Crippen LogP contribution in [0.25, 0.3) is 0 Å². The van der Waals surface area contributed by atoms with Crippen LogP contribution in [0.1, 0.15) is 127 Å². The molecule has 0 aliphatic carbocycles. The lowest BCUT2D eigenvalue weighted by molar-refractivity contribution is 0.294. The summed E-state index contributed by atoms with van der Waals surface area (Å²) in [4.78, 5) is 0. The Morgan fingerprint density at radius 1 is 0.533 bits per heavy atom. The van der Waals surface area contributed by atoms with Crippen molar-refractivity contribution in [2.75, 3.05) is 6.61 Å². The van der Waals surface area contributed by atoms with Gasteiger partial charge in [0.15, 0.2) is 0 Å². The minimum Gasteiger partial charge on any atom is -0.508 e. The van der Waals surface area contributed by atoms with Crippen LogP contribution in [0.15, 0.2) is 12.1 Å². The van der Waals surface area contributed by atoms with Gasteiger partial charge >= 0.3 is 0 Å². The van der Waals surface area contributed by atoms with E-state index in [9.17, 15) is 10.2 Å². The molecule has 1 aromatic rings. The average Bonchev–Trinajstić information content (AvgIpc) is 2.73. The van der Waals surface area contributed by atoms with Crippen LogP contribution >= 0.6 is 0 Å². The van der Waals surface area contributed by atoms with Crippen LogP contribution in [0.2, 0.25) is 0 Å². The Morgan fingerprint density at radius 3 is 1.27 bits per heavy atom. The van der Waals surface area contributed by atoms with Gasteiger partial charge in [0.25, 0.3) is 0 Å². The molecule has 0 spiro atoms. The molecular formula is C27H48O3. The smallest absolute Gasteiger partial charge is 0.122 e. The van der Waals surface area contributed by atoms with Crippen LogP contribution in [0.4, 0.5) is 0 Å². The van der Waals surface area contributed by atoms with Gasteiger partial charge in [0.2, 0.25) is 0 Å². The summed E-state index contributed by atoms with van der Waals surface area (Å²) in [6, 6.07) is 3.47. The third kappa shape index (κ3) is 13.2. The molecule has 1 rings (SSSR count). The van der Waals surface area contributed by atoms with Crippen molar-refractivity contribution in [2.24, 2.45) is 0 Å². The maximum atomic E-state index is 9.98. The van der Waals surface area contributed by atoms with E-state index in [0.717, 1.165) is 18.4 Å². The largest absolute Gasteiger partial charge is 0.508 e. The zero-order chi connectivity index (χ0) is 21.9. The van der Waals surface area contributed by atoms with E-state index < -0.39 is 0 Å². The molecule has 0 aromatic heterocycles. The van der Waals surface area contributed by atoms with E-state index in [-0.39, 0.29) is 24.5 Å². The molecule has 30 heavy (non-hydrogen) atoms. The highest BCUT2D eigenvalue weighted by molar-refractivity contribution is 5.46. The standard InChI is InChI=1S/C27H48O3/c1-2-3-4-5-6-7-8-9-10-11-12-13-14-15-16-17-18-19-24-22-26(29)25(20-21-28)27(30)23-24/h22-23,28-30H,2-21H2,1H3. The number of benzene rings is 1. The molecule has 1 aromatic carbocycles. The van der Waals surface area contributed by atoms with Gasteiger partial charge in [0, 0.05) is 18.6 Å². The molecule has 0 atom stereocenters. The number of phenolic OH excluding ortho intramolecular Hbond substituents is 2. The number of aliphatic hydroxyl groups excluding tert-OH is 1. The lowest BCUT2D eigenvalue weighted by atomic mass is 10.0. The number of aryl methyl sites for hydroxylation is 1. The van der Waals surface area contributed by atoms with Crippen LogP contribution in [-0.2, 0) is 12.8 Å². The van der Waals surface area contributed by atoms with Crippen molar-refractivity contribution < 1.29 is 15.3 Å². The Morgan fingerprint density at radius 2 is 0.900 bits per heavy atom. The number of unbranched alkanes of at least 4 members (excludes halogenated alkanes) is 16. The lowest BCUT2D eigenvalue weighted by Gasteiger charge is -2.09. The van der Waals surface area contributed by atoms with Crippen molar-refractivity contribution in [1.29, 1.82) is 0 Å². The Bertz CT molecular complexity index is 504. The predicted octanol–water partition coefficient (Wildman–Crippen LogP) is 7.83. The maximum Gasteiger partial charge on any atom is 0.122 e. The summed E-state index contributed by atoms with van der Waals surface area (Å²) in [5.74, 6) is 0.206. The highest BCUT2D eigenvalue weighted by Crippen LogP contribution is 2.30. The normalized spacial score (nSPS) is 11.3. The fourth-order valence-corrected chi connectivity index (χ4v) is 4.26. The molecule has 3 nitrogen and oxygen atoms in total. The third-order valence-corrected chi connectivity index (χ3v) is 6.19. The summed E-state index contributed by atoms with van der Waals surface area (Å²) < 4.78 is 0. The van der Waals surface area contributed by atoms with Crippen molar-refractivity contribution in [3.05, 3.63) is 23.3 Å². The molecule has 0 saturated carbocycles. The van der Waals surface area contributed by atoms with Gasteiger partial charge in [-0.1, -0.05) is 110 Å². The van der Waals surface area contributed by atoms with Crippen molar-refractivity contribution in [3.63, 3.8) is 0 Å².